The number of anilines is 2. The Morgan fingerprint density at radius 3 is 2.31 bits per heavy atom. The van der Waals surface area contributed by atoms with Crippen LogP contribution >= 0.6 is 11.6 Å². The van der Waals surface area contributed by atoms with Gasteiger partial charge in [0.1, 0.15) is 16.4 Å². The summed E-state index contributed by atoms with van der Waals surface area (Å²) in [6.07, 6.45) is 2.36. The number of carbonyl (C=O) groups is 1. The van der Waals surface area contributed by atoms with E-state index in [2.05, 4.69) is 10.3 Å². The standard InChI is InChI=1S/C23H30ClF3N4O3S/c1-5-11-31(12-6-2)21-15(7-10-18(30-21)23(24,26)27)13-29-22(32)14(3)16-8-9-17(35(4,33)34)19(25)20(16)28/h7-10,14H,5-6,11-13,28H2,1-4H3,(H,29,32). The van der Waals surface area contributed by atoms with E-state index in [1.165, 1.54) is 19.1 Å². The summed E-state index contributed by atoms with van der Waals surface area (Å²) in [5, 5.41) is -0.940. The number of hydrogen-bond donors (Lipinski definition) is 2. The molecule has 1 atom stereocenters. The van der Waals surface area contributed by atoms with Crippen LogP contribution in [0.25, 0.3) is 0 Å². The minimum absolute atomic E-state index is 0.0343. The van der Waals surface area contributed by atoms with Crippen LogP contribution in [-0.4, -0.2) is 38.7 Å². The molecule has 0 spiro atoms. The van der Waals surface area contributed by atoms with Crippen molar-refractivity contribution in [3.05, 3.63) is 46.9 Å². The Bertz CT molecular complexity index is 1170. The van der Waals surface area contributed by atoms with E-state index in [0.717, 1.165) is 31.2 Å². The number of pyridine rings is 1. The lowest BCUT2D eigenvalue weighted by molar-refractivity contribution is -0.122. The molecule has 2 aromatic rings. The summed E-state index contributed by atoms with van der Waals surface area (Å²) in [6, 6.07) is 4.91. The normalized spacial score (nSPS) is 12.9. The fourth-order valence-corrected chi connectivity index (χ4v) is 4.49. The summed E-state index contributed by atoms with van der Waals surface area (Å²) in [5.41, 5.74) is 5.40. The quantitative estimate of drug-likeness (QED) is 0.324. The van der Waals surface area contributed by atoms with E-state index in [1.807, 2.05) is 18.7 Å². The lowest BCUT2D eigenvalue weighted by atomic mass is 9.98. The molecule has 0 bridgehead atoms. The Kier molecular flexibility index (Phi) is 9.41. The number of carbonyl (C=O) groups excluding carboxylic acids is 1. The molecule has 1 heterocycles. The lowest BCUT2D eigenvalue weighted by Gasteiger charge is -2.26. The molecular formula is C23H30ClF3N4O3S. The summed E-state index contributed by atoms with van der Waals surface area (Å²) < 4.78 is 65.4. The van der Waals surface area contributed by atoms with Crippen molar-refractivity contribution in [2.45, 2.75) is 56.4 Å². The minimum atomic E-state index is -3.83. The van der Waals surface area contributed by atoms with Gasteiger partial charge in [-0.3, -0.25) is 4.79 Å². The van der Waals surface area contributed by atoms with Crippen molar-refractivity contribution in [3.63, 3.8) is 0 Å². The molecule has 12 heteroatoms. The highest BCUT2D eigenvalue weighted by atomic mass is 35.5. The van der Waals surface area contributed by atoms with E-state index in [1.54, 1.807) is 0 Å². The number of rotatable bonds is 11. The van der Waals surface area contributed by atoms with Crippen LogP contribution < -0.4 is 16.0 Å². The van der Waals surface area contributed by atoms with Gasteiger partial charge in [-0.05, 0) is 49.1 Å². The highest BCUT2D eigenvalue weighted by Gasteiger charge is 2.31. The largest absolute Gasteiger partial charge is 0.396 e. The molecule has 0 aliphatic heterocycles. The maximum absolute atomic E-state index is 14.5. The molecule has 3 N–H and O–H groups in total. The predicted octanol–water partition coefficient (Wildman–Crippen LogP) is 4.54. The molecule has 0 radical (unpaired) electrons. The first kappa shape index (κ1) is 28.7. The van der Waals surface area contributed by atoms with E-state index in [0.29, 0.717) is 24.5 Å². The number of sulfone groups is 1. The topological polar surface area (TPSA) is 105 Å². The number of nitrogens with two attached hydrogens (primary N) is 1. The Hall–Kier alpha value is -2.53. The van der Waals surface area contributed by atoms with Crippen molar-refractivity contribution in [2.75, 3.05) is 30.0 Å². The van der Waals surface area contributed by atoms with Gasteiger partial charge in [0, 0.05) is 31.5 Å². The fourth-order valence-electron chi connectivity index (χ4n) is 3.64. The van der Waals surface area contributed by atoms with Crippen molar-refractivity contribution >= 4 is 38.9 Å². The van der Waals surface area contributed by atoms with Gasteiger partial charge in [-0.15, -0.1) is 0 Å². The van der Waals surface area contributed by atoms with Gasteiger partial charge in [0.25, 0.3) is 0 Å². The molecule has 0 saturated carbocycles. The van der Waals surface area contributed by atoms with Gasteiger partial charge >= 0.3 is 5.38 Å². The van der Waals surface area contributed by atoms with Gasteiger partial charge in [0.15, 0.2) is 15.7 Å². The van der Waals surface area contributed by atoms with Gasteiger partial charge in [-0.1, -0.05) is 26.0 Å². The number of nitrogens with zero attached hydrogens (tertiary/aromatic N) is 2. The second-order valence-electron chi connectivity index (χ2n) is 8.26. The van der Waals surface area contributed by atoms with E-state index < -0.39 is 49.1 Å². The van der Waals surface area contributed by atoms with Gasteiger partial charge in [-0.2, -0.15) is 8.78 Å². The molecule has 1 aromatic carbocycles. The highest BCUT2D eigenvalue weighted by Crippen LogP contribution is 2.33. The fraction of sp³-hybridized carbons (Fsp3) is 0.478. The van der Waals surface area contributed by atoms with Crippen LogP contribution in [0.3, 0.4) is 0 Å². The molecule has 2 rings (SSSR count). The average molecular weight is 535 g/mol. The van der Waals surface area contributed by atoms with Crippen LogP contribution in [0.5, 0.6) is 0 Å². The number of hydrogen-bond acceptors (Lipinski definition) is 6. The third-order valence-corrected chi connectivity index (χ3v) is 6.73. The Labute approximate surface area is 208 Å². The summed E-state index contributed by atoms with van der Waals surface area (Å²) in [4.78, 5) is 18.2. The molecule has 0 aliphatic carbocycles. The number of halogens is 4. The molecule has 194 valence electrons. The van der Waals surface area contributed by atoms with Gasteiger partial charge in [-0.25, -0.2) is 17.8 Å². The number of nitrogens with one attached hydrogen (secondary N) is 1. The second kappa shape index (κ2) is 11.5. The molecule has 1 unspecified atom stereocenters. The number of alkyl halides is 3. The zero-order chi connectivity index (χ0) is 26.6. The molecule has 0 aliphatic rings. The van der Waals surface area contributed by atoms with Crippen LogP contribution in [-0.2, 0) is 26.6 Å². The Morgan fingerprint density at radius 1 is 1.20 bits per heavy atom. The maximum Gasteiger partial charge on any atom is 0.364 e. The molecule has 0 fully saturated rings. The molecule has 7 nitrogen and oxygen atoms in total. The van der Waals surface area contributed by atoms with Gasteiger partial charge < -0.3 is 16.0 Å². The molecule has 1 aromatic heterocycles. The molecular weight excluding hydrogens is 505 g/mol. The van der Waals surface area contributed by atoms with E-state index in [-0.39, 0.29) is 12.1 Å². The third kappa shape index (κ3) is 7.00. The summed E-state index contributed by atoms with van der Waals surface area (Å²) in [6.45, 7) is 6.50. The molecule has 35 heavy (non-hydrogen) atoms. The zero-order valence-corrected chi connectivity index (χ0v) is 21.6. The van der Waals surface area contributed by atoms with Gasteiger partial charge in [0.2, 0.25) is 5.91 Å². The van der Waals surface area contributed by atoms with Crippen molar-refractivity contribution in [1.82, 2.24) is 10.3 Å². The van der Waals surface area contributed by atoms with E-state index in [4.69, 9.17) is 17.3 Å². The van der Waals surface area contributed by atoms with Crippen LogP contribution in [0.15, 0.2) is 29.2 Å². The van der Waals surface area contributed by atoms with Crippen molar-refractivity contribution in [1.29, 1.82) is 0 Å². The highest BCUT2D eigenvalue weighted by molar-refractivity contribution is 7.90. The van der Waals surface area contributed by atoms with Crippen LogP contribution in [0.1, 0.15) is 56.4 Å². The summed E-state index contributed by atoms with van der Waals surface area (Å²) >= 11 is 5.18. The molecule has 0 saturated heterocycles. The first-order chi connectivity index (χ1) is 16.2. The SMILES string of the molecule is CCCN(CCC)c1nc(C(F)(F)Cl)ccc1CNC(=O)C(C)c1ccc(S(C)(=O)=O)c(F)c1N. The average Bonchev–Trinajstić information content (AvgIpc) is 2.77. The van der Waals surface area contributed by atoms with Crippen LogP contribution in [0, 0.1) is 5.82 Å². The summed E-state index contributed by atoms with van der Waals surface area (Å²) in [5.74, 6) is -2.24. The van der Waals surface area contributed by atoms with Crippen molar-refractivity contribution in [2.24, 2.45) is 0 Å². The number of benzene rings is 1. The first-order valence-corrected chi connectivity index (χ1v) is 13.4. The minimum Gasteiger partial charge on any atom is -0.396 e. The number of amides is 1. The smallest absolute Gasteiger partial charge is 0.364 e. The van der Waals surface area contributed by atoms with E-state index >= 15 is 0 Å². The zero-order valence-electron chi connectivity index (χ0n) is 20.0. The van der Waals surface area contributed by atoms with Crippen LogP contribution in [0.4, 0.5) is 24.7 Å². The Balaban J connectivity index is 2.33. The summed E-state index contributed by atoms with van der Waals surface area (Å²) in [7, 11) is -3.83. The maximum atomic E-state index is 14.5. The van der Waals surface area contributed by atoms with Crippen LogP contribution in [0.2, 0.25) is 0 Å². The third-order valence-electron chi connectivity index (χ3n) is 5.42. The lowest BCUT2D eigenvalue weighted by Crippen LogP contribution is -2.31. The van der Waals surface area contributed by atoms with Gasteiger partial charge in [0.05, 0.1) is 11.6 Å². The van der Waals surface area contributed by atoms with Crippen molar-refractivity contribution < 1.29 is 26.4 Å². The second-order valence-corrected chi connectivity index (χ2v) is 10.7. The predicted molar refractivity (Wildman–Crippen MR) is 131 cm³/mol. The molecule has 1 amide bonds. The Morgan fingerprint density at radius 2 is 1.80 bits per heavy atom. The first-order valence-electron chi connectivity index (χ1n) is 11.1. The van der Waals surface area contributed by atoms with Crippen molar-refractivity contribution in [3.8, 4) is 0 Å². The van der Waals surface area contributed by atoms with E-state index in [9.17, 15) is 26.4 Å². The number of nitrogen functional groups attached to an aromatic ring is 1. The monoisotopic (exact) mass is 534 g/mol. The number of aromatic nitrogens is 1.